The van der Waals surface area contributed by atoms with Crippen LogP contribution < -0.4 is 4.74 Å². The van der Waals surface area contributed by atoms with Crippen LogP contribution in [0.3, 0.4) is 0 Å². The van der Waals surface area contributed by atoms with Crippen molar-refractivity contribution < 1.29 is 14.6 Å². The zero-order chi connectivity index (χ0) is 21.0. The van der Waals surface area contributed by atoms with E-state index in [1.807, 2.05) is 35.2 Å². The summed E-state index contributed by atoms with van der Waals surface area (Å²) in [4.78, 5) is 14.7. The first kappa shape index (κ1) is 19.5. The monoisotopic (exact) mass is 398 g/mol. The molecular weight excluding hydrogens is 376 g/mol. The van der Waals surface area contributed by atoms with E-state index in [0.29, 0.717) is 43.0 Å². The fraction of sp³-hybridized carbons (Fsp3) is 0.200. The summed E-state index contributed by atoms with van der Waals surface area (Å²) >= 11 is 0. The summed E-state index contributed by atoms with van der Waals surface area (Å²) in [6.45, 7) is 1.10. The number of nitriles is 1. The van der Waals surface area contributed by atoms with Gasteiger partial charge in [0.15, 0.2) is 0 Å². The minimum atomic E-state index is -0.528. The molecule has 1 amide bonds. The molecule has 1 heterocycles. The van der Waals surface area contributed by atoms with Crippen LogP contribution >= 0.6 is 0 Å². The first-order chi connectivity index (χ1) is 14.6. The molecule has 0 aliphatic carbocycles. The minimum Gasteiger partial charge on any atom is -0.508 e. The Morgan fingerprint density at radius 3 is 2.03 bits per heavy atom. The maximum Gasteiger partial charge on any atom is 0.253 e. The molecule has 3 aromatic rings. The van der Waals surface area contributed by atoms with Crippen molar-refractivity contribution >= 4 is 5.91 Å². The number of aromatic hydroxyl groups is 1. The maximum atomic E-state index is 12.9. The van der Waals surface area contributed by atoms with E-state index in [-0.39, 0.29) is 11.7 Å². The quantitative estimate of drug-likeness (QED) is 0.680. The predicted molar refractivity (Wildman–Crippen MR) is 113 cm³/mol. The second-order valence-electron chi connectivity index (χ2n) is 7.47. The van der Waals surface area contributed by atoms with E-state index in [9.17, 15) is 15.2 Å². The highest BCUT2D eigenvalue weighted by Gasteiger charge is 2.37. The van der Waals surface area contributed by atoms with Gasteiger partial charge in [-0.2, -0.15) is 5.26 Å². The molecule has 0 atom stereocenters. The van der Waals surface area contributed by atoms with E-state index >= 15 is 0 Å². The van der Waals surface area contributed by atoms with Crippen molar-refractivity contribution in [1.82, 2.24) is 4.90 Å². The Morgan fingerprint density at radius 1 is 0.900 bits per heavy atom. The molecule has 1 N–H and O–H groups in total. The third kappa shape index (κ3) is 3.99. The molecule has 150 valence electrons. The number of phenols is 1. The molecule has 5 nitrogen and oxygen atoms in total. The van der Waals surface area contributed by atoms with Crippen molar-refractivity contribution in [3.63, 3.8) is 0 Å². The van der Waals surface area contributed by atoms with Gasteiger partial charge in [0.25, 0.3) is 5.91 Å². The van der Waals surface area contributed by atoms with Gasteiger partial charge >= 0.3 is 0 Å². The Labute approximate surface area is 175 Å². The molecule has 3 aromatic carbocycles. The highest BCUT2D eigenvalue weighted by Crippen LogP contribution is 2.35. The van der Waals surface area contributed by atoms with Crippen molar-refractivity contribution in [3.8, 4) is 23.3 Å². The van der Waals surface area contributed by atoms with Gasteiger partial charge in [0.05, 0.1) is 11.5 Å². The molecule has 0 radical (unpaired) electrons. The van der Waals surface area contributed by atoms with Crippen LogP contribution in [0.2, 0.25) is 0 Å². The Balaban J connectivity index is 1.40. The molecule has 0 saturated carbocycles. The van der Waals surface area contributed by atoms with Gasteiger partial charge in [0, 0.05) is 18.7 Å². The summed E-state index contributed by atoms with van der Waals surface area (Å²) < 4.78 is 5.73. The second-order valence-corrected chi connectivity index (χ2v) is 7.47. The van der Waals surface area contributed by atoms with E-state index in [2.05, 4.69) is 6.07 Å². The Bertz CT molecular complexity index is 1050. The molecule has 4 rings (SSSR count). The number of hydrogen-bond acceptors (Lipinski definition) is 4. The average molecular weight is 398 g/mol. The van der Waals surface area contributed by atoms with Crippen molar-refractivity contribution in [2.75, 3.05) is 13.1 Å². The molecule has 0 aromatic heterocycles. The minimum absolute atomic E-state index is 0.0363. The molecule has 0 bridgehead atoms. The lowest BCUT2D eigenvalue weighted by Gasteiger charge is -2.37. The van der Waals surface area contributed by atoms with E-state index in [1.54, 1.807) is 48.5 Å². The van der Waals surface area contributed by atoms with E-state index in [1.165, 1.54) is 0 Å². The molecule has 0 unspecified atom stereocenters. The lowest BCUT2D eigenvalue weighted by atomic mass is 9.74. The number of benzene rings is 3. The number of likely N-dealkylation sites (tertiary alicyclic amines) is 1. The number of piperidine rings is 1. The lowest BCUT2D eigenvalue weighted by molar-refractivity contribution is 0.0692. The van der Waals surface area contributed by atoms with Crippen molar-refractivity contribution in [3.05, 3.63) is 90.0 Å². The molecule has 1 saturated heterocycles. The Morgan fingerprint density at radius 2 is 1.47 bits per heavy atom. The first-order valence-electron chi connectivity index (χ1n) is 9.93. The zero-order valence-electron chi connectivity index (χ0n) is 16.5. The number of hydrogen-bond donors (Lipinski definition) is 1. The fourth-order valence-electron chi connectivity index (χ4n) is 3.81. The van der Waals surface area contributed by atoms with Crippen LogP contribution in [0, 0.1) is 11.3 Å². The number of rotatable bonds is 4. The topological polar surface area (TPSA) is 73.6 Å². The lowest BCUT2D eigenvalue weighted by Crippen LogP contribution is -2.44. The summed E-state index contributed by atoms with van der Waals surface area (Å²) in [5.74, 6) is 1.36. The summed E-state index contributed by atoms with van der Waals surface area (Å²) in [6.07, 6.45) is 1.25. The van der Waals surface area contributed by atoms with Crippen LogP contribution in [0.15, 0.2) is 78.9 Å². The SMILES string of the molecule is N#CC1(c2ccccc2)CCN(C(=O)c2ccc(Oc3ccc(O)cc3)cc2)CC1. The van der Waals surface area contributed by atoms with Gasteiger partial charge in [0.1, 0.15) is 17.2 Å². The van der Waals surface area contributed by atoms with Gasteiger partial charge in [-0.25, -0.2) is 0 Å². The molecule has 30 heavy (non-hydrogen) atoms. The van der Waals surface area contributed by atoms with Gasteiger partial charge < -0.3 is 14.7 Å². The first-order valence-corrected chi connectivity index (χ1v) is 9.93. The summed E-state index contributed by atoms with van der Waals surface area (Å²) in [7, 11) is 0. The summed E-state index contributed by atoms with van der Waals surface area (Å²) in [5, 5.41) is 19.2. The normalized spacial score (nSPS) is 15.2. The van der Waals surface area contributed by atoms with Crippen molar-refractivity contribution in [2.45, 2.75) is 18.3 Å². The zero-order valence-corrected chi connectivity index (χ0v) is 16.5. The van der Waals surface area contributed by atoms with Gasteiger partial charge in [-0.3, -0.25) is 4.79 Å². The van der Waals surface area contributed by atoms with Gasteiger partial charge in [-0.15, -0.1) is 0 Å². The number of carbonyl (C=O) groups is 1. The highest BCUT2D eigenvalue weighted by atomic mass is 16.5. The third-order valence-corrected chi connectivity index (χ3v) is 5.62. The average Bonchev–Trinajstić information content (AvgIpc) is 2.81. The second kappa shape index (κ2) is 8.30. The van der Waals surface area contributed by atoms with Gasteiger partial charge in [-0.1, -0.05) is 30.3 Å². The third-order valence-electron chi connectivity index (χ3n) is 5.62. The summed E-state index contributed by atoms with van der Waals surface area (Å²) in [6, 6.07) is 25.8. The number of carbonyl (C=O) groups excluding carboxylic acids is 1. The molecule has 1 fully saturated rings. The standard InChI is InChI=1S/C25H22N2O3/c26-18-25(20-4-2-1-3-5-20)14-16-27(17-15-25)24(29)19-6-10-22(11-7-19)30-23-12-8-21(28)9-13-23/h1-13,28H,14-17H2. The number of amides is 1. The van der Waals surface area contributed by atoms with E-state index < -0.39 is 5.41 Å². The Kier molecular flexibility index (Phi) is 5.40. The van der Waals surface area contributed by atoms with Crippen LogP contribution in [-0.2, 0) is 5.41 Å². The van der Waals surface area contributed by atoms with Crippen molar-refractivity contribution in [2.24, 2.45) is 0 Å². The van der Waals surface area contributed by atoms with Gasteiger partial charge in [0.2, 0.25) is 0 Å². The number of ether oxygens (including phenoxy) is 1. The van der Waals surface area contributed by atoms with Gasteiger partial charge in [-0.05, 0) is 66.9 Å². The van der Waals surface area contributed by atoms with E-state index in [4.69, 9.17) is 4.74 Å². The van der Waals surface area contributed by atoms with Crippen LogP contribution in [-0.4, -0.2) is 29.0 Å². The number of nitrogens with zero attached hydrogens (tertiary/aromatic N) is 2. The van der Waals surface area contributed by atoms with Crippen LogP contribution in [0.1, 0.15) is 28.8 Å². The van der Waals surface area contributed by atoms with Crippen LogP contribution in [0.25, 0.3) is 0 Å². The molecule has 0 spiro atoms. The van der Waals surface area contributed by atoms with Crippen LogP contribution in [0.5, 0.6) is 17.2 Å². The highest BCUT2D eigenvalue weighted by molar-refractivity contribution is 5.94. The predicted octanol–water partition coefficient (Wildman–Crippen LogP) is 4.88. The Hall–Kier alpha value is -3.78. The molecule has 1 aliphatic rings. The smallest absolute Gasteiger partial charge is 0.253 e. The summed E-state index contributed by atoms with van der Waals surface area (Å²) in [5.41, 5.74) is 1.09. The number of phenolic OH excluding ortho intramolecular Hbond substituents is 1. The molecular formula is C25H22N2O3. The largest absolute Gasteiger partial charge is 0.508 e. The van der Waals surface area contributed by atoms with Crippen LogP contribution in [0.4, 0.5) is 0 Å². The molecule has 5 heteroatoms. The van der Waals surface area contributed by atoms with E-state index in [0.717, 1.165) is 5.56 Å². The fourth-order valence-corrected chi connectivity index (χ4v) is 3.81. The molecule has 1 aliphatic heterocycles. The maximum absolute atomic E-state index is 12.9. The van der Waals surface area contributed by atoms with Crippen molar-refractivity contribution in [1.29, 1.82) is 5.26 Å².